The van der Waals surface area contributed by atoms with Crippen LogP contribution < -0.4 is 24.4 Å². The minimum absolute atomic E-state index is 0.0553. The van der Waals surface area contributed by atoms with Gasteiger partial charge in [0.2, 0.25) is 0 Å². The molecule has 0 saturated carbocycles. The molecule has 1 N–H and O–H groups in total. The van der Waals surface area contributed by atoms with E-state index in [1.54, 1.807) is 36.4 Å². The van der Waals surface area contributed by atoms with Gasteiger partial charge >= 0.3 is 6.03 Å². The quantitative estimate of drug-likeness (QED) is 0.196. The van der Waals surface area contributed by atoms with Gasteiger partial charge in [-0.05, 0) is 90.9 Å². The molecule has 4 amide bonds. The van der Waals surface area contributed by atoms with E-state index in [0.717, 1.165) is 21.3 Å². The highest BCUT2D eigenvalue weighted by Crippen LogP contribution is 2.35. The summed E-state index contributed by atoms with van der Waals surface area (Å²) in [4.78, 5) is 39.1. The molecule has 1 heterocycles. The first-order valence-electron chi connectivity index (χ1n) is 10.9. The minimum atomic E-state index is -0.806. The molecule has 1 fully saturated rings. The highest BCUT2D eigenvalue weighted by molar-refractivity contribution is 14.1. The SMILES string of the molecule is CCCCOc1ccc(N2C(=O)NC(=O)/C(=C/c3cc(I)c(OC(C)C)c(OC)c3)C2=O)cc1. The van der Waals surface area contributed by atoms with Gasteiger partial charge in [0.25, 0.3) is 11.8 Å². The maximum Gasteiger partial charge on any atom is 0.335 e. The van der Waals surface area contributed by atoms with Gasteiger partial charge in [-0.2, -0.15) is 0 Å². The Balaban J connectivity index is 1.91. The Hall–Kier alpha value is -3.08. The van der Waals surface area contributed by atoms with Crippen LogP contribution in [0, 0.1) is 3.57 Å². The molecule has 0 spiro atoms. The van der Waals surface area contributed by atoms with Gasteiger partial charge in [0, 0.05) is 0 Å². The number of urea groups is 1. The average Bonchev–Trinajstić information content (AvgIpc) is 2.79. The largest absolute Gasteiger partial charge is 0.494 e. The van der Waals surface area contributed by atoms with E-state index in [2.05, 4.69) is 34.8 Å². The molecule has 180 valence electrons. The number of hydrogen-bond acceptors (Lipinski definition) is 6. The topological polar surface area (TPSA) is 94.2 Å². The molecule has 34 heavy (non-hydrogen) atoms. The summed E-state index contributed by atoms with van der Waals surface area (Å²) >= 11 is 2.11. The van der Waals surface area contributed by atoms with Crippen LogP contribution in [-0.4, -0.2) is 37.7 Å². The van der Waals surface area contributed by atoms with Crippen molar-refractivity contribution in [1.29, 1.82) is 0 Å². The average molecular weight is 578 g/mol. The van der Waals surface area contributed by atoms with E-state index in [4.69, 9.17) is 14.2 Å². The standard InChI is InChI=1S/C25H27IN2O6/c1-5-6-11-33-18-9-7-17(8-10-18)28-24(30)19(23(29)27-25(28)31)12-16-13-20(26)22(34-15(2)3)21(14-16)32-4/h7-10,12-15H,5-6,11H2,1-4H3,(H,27,29,31)/b19-12-. The van der Waals surface area contributed by atoms with E-state index >= 15 is 0 Å². The van der Waals surface area contributed by atoms with Gasteiger partial charge in [-0.25, -0.2) is 9.69 Å². The number of halogens is 1. The third-order valence-corrected chi connectivity index (χ3v) is 5.68. The fourth-order valence-electron chi connectivity index (χ4n) is 3.26. The Morgan fingerprint density at radius 1 is 1.12 bits per heavy atom. The number of carbonyl (C=O) groups is 3. The number of nitrogens with one attached hydrogen (secondary N) is 1. The van der Waals surface area contributed by atoms with Crippen LogP contribution in [-0.2, 0) is 9.59 Å². The summed E-state index contributed by atoms with van der Waals surface area (Å²) in [6, 6.07) is 9.23. The number of imide groups is 2. The fourth-order valence-corrected chi connectivity index (χ4v) is 4.01. The lowest BCUT2D eigenvalue weighted by Gasteiger charge is -2.26. The number of benzene rings is 2. The molecule has 0 aromatic heterocycles. The van der Waals surface area contributed by atoms with Crippen molar-refractivity contribution in [2.24, 2.45) is 0 Å². The van der Waals surface area contributed by atoms with Gasteiger partial charge < -0.3 is 14.2 Å². The zero-order chi connectivity index (χ0) is 24.8. The number of nitrogens with zero attached hydrogens (tertiary/aromatic N) is 1. The van der Waals surface area contributed by atoms with E-state index < -0.39 is 17.8 Å². The number of hydrogen-bond donors (Lipinski definition) is 1. The van der Waals surface area contributed by atoms with E-state index in [1.165, 1.54) is 13.2 Å². The van der Waals surface area contributed by atoms with Crippen molar-refractivity contribution in [3.05, 3.63) is 51.1 Å². The van der Waals surface area contributed by atoms with Crippen LogP contribution in [0.15, 0.2) is 42.0 Å². The van der Waals surface area contributed by atoms with Gasteiger partial charge in [0.15, 0.2) is 11.5 Å². The first-order chi connectivity index (χ1) is 16.2. The number of carbonyl (C=O) groups excluding carboxylic acids is 3. The van der Waals surface area contributed by atoms with E-state index in [0.29, 0.717) is 35.1 Å². The van der Waals surface area contributed by atoms with Crippen LogP contribution in [0.1, 0.15) is 39.2 Å². The molecule has 0 bridgehead atoms. The number of amides is 4. The molecule has 9 heteroatoms. The van der Waals surface area contributed by atoms with Crippen LogP contribution in [0.2, 0.25) is 0 Å². The highest BCUT2D eigenvalue weighted by atomic mass is 127. The van der Waals surface area contributed by atoms with E-state index in [-0.39, 0.29) is 11.7 Å². The monoisotopic (exact) mass is 578 g/mol. The Bertz CT molecular complexity index is 1110. The van der Waals surface area contributed by atoms with Gasteiger partial charge in [-0.3, -0.25) is 14.9 Å². The third kappa shape index (κ3) is 5.88. The molecule has 3 rings (SSSR count). The minimum Gasteiger partial charge on any atom is -0.494 e. The van der Waals surface area contributed by atoms with Crippen molar-refractivity contribution < 1.29 is 28.6 Å². The maximum atomic E-state index is 13.2. The molecule has 2 aromatic rings. The summed E-state index contributed by atoms with van der Waals surface area (Å²) in [5, 5.41) is 2.24. The third-order valence-electron chi connectivity index (χ3n) is 4.88. The lowest BCUT2D eigenvalue weighted by atomic mass is 10.1. The summed E-state index contributed by atoms with van der Waals surface area (Å²) in [5.41, 5.74) is 0.722. The predicted octanol–water partition coefficient (Wildman–Crippen LogP) is 4.93. The molecular weight excluding hydrogens is 551 g/mol. The molecule has 0 atom stereocenters. The van der Waals surface area contributed by atoms with Crippen molar-refractivity contribution in [2.45, 2.75) is 39.7 Å². The zero-order valence-electron chi connectivity index (χ0n) is 19.5. The molecule has 1 aliphatic rings. The molecule has 0 aliphatic carbocycles. The van der Waals surface area contributed by atoms with Crippen molar-refractivity contribution in [1.82, 2.24) is 5.32 Å². The number of barbiturate groups is 1. The summed E-state index contributed by atoms with van der Waals surface area (Å²) in [7, 11) is 1.52. The number of rotatable bonds is 9. The van der Waals surface area contributed by atoms with Crippen molar-refractivity contribution in [2.75, 3.05) is 18.6 Å². The van der Waals surface area contributed by atoms with E-state index in [9.17, 15) is 14.4 Å². The number of unbranched alkanes of at least 4 members (excludes halogenated alkanes) is 1. The maximum absolute atomic E-state index is 13.2. The second kappa shape index (κ2) is 11.4. The Morgan fingerprint density at radius 3 is 2.44 bits per heavy atom. The van der Waals surface area contributed by atoms with Crippen molar-refractivity contribution in [3.63, 3.8) is 0 Å². The Morgan fingerprint density at radius 2 is 1.82 bits per heavy atom. The fraction of sp³-hybridized carbons (Fsp3) is 0.320. The van der Waals surface area contributed by atoms with Crippen LogP contribution in [0.3, 0.4) is 0 Å². The normalized spacial score (nSPS) is 15.1. The Kier molecular flexibility index (Phi) is 8.54. The summed E-state index contributed by atoms with van der Waals surface area (Å²) in [5.74, 6) is 0.215. The first-order valence-corrected chi connectivity index (χ1v) is 12.0. The molecule has 1 saturated heterocycles. The smallest absolute Gasteiger partial charge is 0.335 e. The van der Waals surface area contributed by atoms with Gasteiger partial charge in [-0.1, -0.05) is 13.3 Å². The second-order valence-corrected chi connectivity index (χ2v) is 9.02. The van der Waals surface area contributed by atoms with Gasteiger partial charge in [0.1, 0.15) is 11.3 Å². The van der Waals surface area contributed by atoms with Crippen LogP contribution in [0.5, 0.6) is 17.2 Å². The zero-order valence-corrected chi connectivity index (χ0v) is 21.7. The first kappa shape index (κ1) is 25.5. The summed E-state index contributed by atoms with van der Waals surface area (Å²) in [6.07, 6.45) is 3.32. The van der Waals surface area contributed by atoms with Crippen LogP contribution in [0.25, 0.3) is 6.08 Å². The molecule has 2 aromatic carbocycles. The van der Waals surface area contributed by atoms with E-state index in [1.807, 2.05) is 13.8 Å². The highest BCUT2D eigenvalue weighted by Gasteiger charge is 2.37. The Labute approximate surface area is 212 Å². The lowest BCUT2D eigenvalue weighted by molar-refractivity contribution is -0.122. The summed E-state index contributed by atoms with van der Waals surface area (Å²) in [6.45, 7) is 6.48. The molecule has 8 nitrogen and oxygen atoms in total. The van der Waals surface area contributed by atoms with Gasteiger partial charge in [0.05, 0.1) is 29.1 Å². The van der Waals surface area contributed by atoms with Crippen LogP contribution in [0.4, 0.5) is 10.5 Å². The van der Waals surface area contributed by atoms with Crippen molar-refractivity contribution in [3.8, 4) is 17.2 Å². The van der Waals surface area contributed by atoms with Crippen LogP contribution >= 0.6 is 22.6 Å². The summed E-state index contributed by atoms with van der Waals surface area (Å²) < 4.78 is 17.7. The number of ether oxygens (including phenoxy) is 3. The second-order valence-electron chi connectivity index (χ2n) is 7.85. The number of methoxy groups -OCH3 is 1. The molecule has 0 unspecified atom stereocenters. The lowest BCUT2D eigenvalue weighted by Crippen LogP contribution is -2.54. The predicted molar refractivity (Wildman–Crippen MR) is 137 cm³/mol. The number of anilines is 1. The van der Waals surface area contributed by atoms with Crippen molar-refractivity contribution >= 4 is 52.2 Å². The van der Waals surface area contributed by atoms with Gasteiger partial charge in [-0.15, -0.1) is 0 Å². The molecule has 0 radical (unpaired) electrons. The molecular formula is C25H27IN2O6. The molecule has 1 aliphatic heterocycles.